The second kappa shape index (κ2) is 5.12. The fourth-order valence-electron chi connectivity index (χ4n) is 1.63. The molecule has 0 unspecified atom stereocenters. The van der Waals surface area contributed by atoms with E-state index < -0.39 is 5.91 Å². The van der Waals surface area contributed by atoms with Crippen LogP contribution in [-0.4, -0.2) is 5.91 Å². The largest absolute Gasteiger partial charge is 0.366 e. The molecule has 0 radical (unpaired) electrons. The second-order valence-corrected chi connectivity index (χ2v) is 3.70. The van der Waals surface area contributed by atoms with Crippen LogP contribution in [0.4, 0.5) is 0 Å². The number of benzene rings is 2. The van der Waals surface area contributed by atoms with Gasteiger partial charge < -0.3 is 5.73 Å². The van der Waals surface area contributed by atoms with E-state index in [1.165, 1.54) is 0 Å². The highest BCUT2D eigenvalue weighted by atomic mass is 16.1. The van der Waals surface area contributed by atoms with Crippen LogP contribution in [0.1, 0.15) is 11.1 Å². The molecular weight excluding hydrogens is 210 g/mol. The lowest BCUT2D eigenvalue weighted by molar-refractivity contribution is -0.112. The predicted molar refractivity (Wildman–Crippen MR) is 69.9 cm³/mol. The summed E-state index contributed by atoms with van der Waals surface area (Å²) in [5.74, 6) is -0.417. The average molecular weight is 223 g/mol. The van der Waals surface area contributed by atoms with Crippen molar-refractivity contribution in [1.29, 1.82) is 0 Å². The summed E-state index contributed by atoms with van der Waals surface area (Å²) in [7, 11) is 0. The highest BCUT2D eigenvalue weighted by molar-refractivity contribution is 6.23. The van der Waals surface area contributed by atoms with Crippen molar-refractivity contribution in [3.05, 3.63) is 71.8 Å². The Bertz CT molecular complexity index is 529. The van der Waals surface area contributed by atoms with E-state index in [0.717, 1.165) is 11.1 Å². The van der Waals surface area contributed by atoms with Crippen LogP contribution in [0, 0.1) is 0 Å². The summed E-state index contributed by atoms with van der Waals surface area (Å²) in [6.07, 6.45) is 1.80. The number of primary amides is 1. The number of amides is 1. The van der Waals surface area contributed by atoms with Crippen molar-refractivity contribution in [3.63, 3.8) is 0 Å². The molecule has 0 heterocycles. The standard InChI is InChI=1S/C15H13NO/c16-15(17)14(13-9-5-2-6-10-13)11-12-7-3-1-4-8-12/h1-11H,(H2,16,17). The third-order valence-electron chi connectivity index (χ3n) is 2.46. The Labute approximate surface area is 100 Å². The van der Waals surface area contributed by atoms with Crippen LogP contribution in [0.5, 0.6) is 0 Å². The monoisotopic (exact) mass is 223 g/mol. The molecule has 0 aliphatic rings. The van der Waals surface area contributed by atoms with Crippen LogP contribution >= 0.6 is 0 Å². The molecule has 0 saturated heterocycles. The van der Waals surface area contributed by atoms with E-state index in [9.17, 15) is 4.79 Å². The SMILES string of the molecule is NC(=O)C(=Cc1ccccc1)c1ccccc1. The van der Waals surface area contributed by atoms with Gasteiger partial charge in [0.15, 0.2) is 0 Å². The lowest BCUT2D eigenvalue weighted by Gasteiger charge is -2.03. The number of hydrogen-bond donors (Lipinski definition) is 1. The van der Waals surface area contributed by atoms with E-state index in [1.807, 2.05) is 60.7 Å². The van der Waals surface area contributed by atoms with Crippen molar-refractivity contribution < 1.29 is 4.79 Å². The van der Waals surface area contributed by atoms with Gasteiger partial charge in [0, 0.05) is 5.57 Å². The van der Waals surface area contributed by atoms with E-state index in [-0.39, 0.29) is 0 Å². The first kappa shape index (κ1) is 11.1. The first-order valence-electron chi connectivity index (χ1n) is 5.39. The Balaban J connectivity index is 2.44. The van der Waals surface area contributed by atoms with Crippen molar-refractivity contribution in [3.8, 4) is 0 Å². The van der Waals surface area contributed by atoms with Crippen molar-refractivity contribution in [1.82, 2.24) is 0 Å². The Morgan fingerprint density at radius 2 is 1.41 bits per heavy atom. The highest BCUT2D eigenvalue weighted by Gasteiger charge is 2.07. The Morgan fingerprint density at radius 3 is 1.94 bits per heavy atom. The highest BCUT2D eigenvalue weighted by Crippen LogP contribution is 2.17. The van der Waals surface area contributed by atoms with Gasteiger partial charge in [0.25, 0.3) is 0 Å². The van der Waals surface area contributed by atoms with Gasteiger partial charge in [-0.05, 0) is 17.2 Å². The molecule has 2 N–H and O–H groups in total. The van der Waals surface area contributed by atoms with Crippen molar-refractivity contribution in [2.45, 2.75) is 0 Å². The zero-order chi connectivity index (χ0) is 12.1. The minimum absolute atomic E-state index is 0.417. The molecule has 2 nitrogen and oxygen atoms in total. The predicted octanol–water partition coefficient (Wildman–Crippen LogP) is 2.71. The summed E-state index contributed by atoms with van der Waals surface area (Å²) in [6, 6.07) is 19.1. The fraction of sp³-hybridized carbons (Fsp3) is 0. The Hall–Kier alpha value is -2.35. The number of hydrogen-bond acceptors (Lipinski definition) is 1. The number of nitrogens with two attached hydrogens (primary N) is 1. The first-order valence-corrected chi connectivity index (χ1v) is 5.39. The summed E-state index contributed by atoms with van der Waals surface area (Å²) >= 11 is 0. The maximum atomic E-state index is 11.5. The number of rotatable bonds is 3. The van der Waals surface area contributed by atoms with Gasteiger partial charge in [-0.3, -0.25) is 4.79 Å². The van der Waals surface area contributed by atoms with E-state index in [0.29, 0.717) is 5.57 Å². The molecule has 2 rings (SSSR count). The zero-order valence-electron chi connectivity index (χ0n) is 9.34. The lowest BCUT2D eigenvalue weighted by atomic mass is 10.0. The topological polar surface area (TPSA) is 43.1 Å². The molecule has 2 aromatic carbocycles. The number of carbonyl (C=O) groups is 1. The van der Waals surface area contributed by atoms with Crippen LogP contribution in [0.15, 0.2) is 60.7 Å². The minimum Gasteiger partial charge on any atom is -0.366 e. The molecule has 0 aromatic heterocycles. The van der Waals surface area contributed by atoms with Gasteiger partial charge >= 0.3 is 0 Å². The van der Waals surface area contributed by atoms with Gasteiger partial charge in [-0.25, -0.2) is 0 Å². The van der Waals surface area contributed by atoms with Crippen LogP contribution in [0.3, 0.4) is 0 Å². The maximum Gasteiger partial charge on any atom is 0.249 e. The smallest absolute Gasteiger partial charge is 0.249 e. The van der Waals surface area contributed by atoms with Gasteiger partial charge in [-0.1, -0.05) is 60.7 Å². The molecular formula is C15H13NO. The van der Waals surface area contributed by atoms with Gasteiger partial charge in [-0.2, -0.15) is 0 Å². The number of carbonyl (C=O) groups excluding carboxylic acids is 1. The molecule has 1 amide bonds. The Kier molecular flexibility index (Phi) is 3.36. The second-order valence-electron chi connectivity index (χ2n) is 3.70. The van der Waals surface area contributed by atoms with Crippen molar-refractivity contribution in [2.75, 3.05) is 0 Å². The first-order chi connectivity index (χ1) is 8.27. The summed E-state index contributed by atoms with van der Waals surface area (Å²) < 4.78 is 0. The van der Waals surface area contributed by atoms with Crippen molar-refractivity contribution in [2.24, 2.45) is 5.73 Å². The van der Waals surface area contributed by atoms with Crippen LogP contribution < -0.4 is 5.73 Å². The van der Waals surface area contributed by atoms with E-state index in [1.54, 1.807) is 6.08 Å². The molecule has 0 aliphatic heterocycles. The van der Waals surface area contributed by atoms with Crippen LogP contribution in [0.25, 0.3) is 11.6 Å². The summed E-state index contributed by atoms with van der Waals surface area (Å²) in [4.78, 5) is 11.5. The zero-order valence-corrected chi connectivity index (χ0v) is 9.34. The maximum absolute atomic E-state index is 11.5. The lowest BCUT2D eigenvalue weighted by Crippen LogP contribution is -2.12. The average Bonchev–Trinajstić information content (AvgIpc) is 2.38. The minimum atomic E-state index is -0.417. The van der Waals surface area contributed by atoms with Crippen molar-refractivity contribution >= 4 is 17.6 Å². The molecule has 0 saturated carbocycles. The van der Waals surface area contributed by atoms with Gasteiger partial charge in [0.2, 0.25) is 5.91 Å². The van der Waals surface area contributed by atoms with E-state index >= 15 is 0 Å². The van der Waals surface area contributed by atoms with Crippen LogP contribution in [-0.2, 0) is 4.79 Å². The normalized spacial score (nSPS) is 11.2. The Morgan fingerprint density at radius 1 is 0.882 bits per heavy atom. The quantitative estimate of drug-likeness (QED) is 0.631. The van der Waals surface area contributed by atoms with E-state index in [4.69, 9.17) is 5.73 Å². The molecule has 0 bridgehead atoms. The molecule has 2 aromatic rings. The molecule has 0 atom stereocenters. The summed E-state index contributed by atoms with van der Waals surface area (Å²) in [6.45, 7) is 0. The summed E-state index contributed by atoms with van der Waals surface area (Å²) in [5.41, 5.74) is 7.73. The van der Waals surface area contributed by atoms with Gasteiger partial charge in [0.1, 0.15) is 0 Å². The van der Waals surface area contributed by atoms with Crippen LogP contribution in [0.2, 0.25) is 0 Å². The third kappa shape index (κ3) is 2.82. The molecule has 17 heavy (non-hydrogen) atoms. The summed E-state index contributed by atoms with van der Waals surface area (Å²) in [5, 5.41) is 0. The molecule has 84 valence electrons. The van der Waals surface area contributed by atoms with E-state index in [2.05, 4.69) is 0 Å². The van der Waals surface area contributed by atoms with Gasteiger partial charge in [0.05, 0.1) is 0 Å². The van der Waals surface area contributed by atoms with Gasteiger partial charge in [-0.15, -0.1) is 0 Å². The molecule has 0 aliphatic carbocycles. The third-order valence-corrected chi connectivity index (χ3v) is 2.46. The molecule has 0 spiro atoms. The molecule has 2 heteroatoms. The fourth-order valence-corrected chi connectivity index (χ4v) is 1.63. The molecule has 0 fully saturated rings.